The highest BCUT2D eigenvalue weighted by Crippen LogP contribution is 2.21. The number of benzene rings is 2. The van der Waals surface area contributed by atoms with Crippen LogP contribution in [0.4, 0.5) is 0 Å². The van der Waals surface area contributed by atoms with Crippen LogP contribution in [0.15, 0.2) is 46.9 Å². The second-order valence-electron chi connectivity index (χ2n) is 4.54. The molecule has 0 aliphatic rings. The highest BCUT2D eigenvalue weighted by Gasteiger charge is 2.03. The summed E-state index contributed by atoms with van der Waals surface area (Å²) in [5.74, 6) is 0. The number of nitrogens with one attached hydrogen (secondary N) is 1. The predicted molar refractivity (Wildman–Crippen MR) is 86.9 cm³/mol. The quantitative estimate of drug-likeness (QED) is 0.822. The Balaban J connectivity index is 1.93. The molecule has 106 valence electrons. The highest BCUT2D eigenvalue weighted by molar-refractivity contribution is 9.10. The average molecular weight is 355 g/mol. The van der Waals surface area contributed by atoms with Crippen LogP contribution >= 0.6 is 27.5 Å². The van der Waals surface area contributed by atoms with Crippen molar-refractivity contribution in [1.29, 1.82) is 0 Å². The van der Waals surface area contributed by atoms with Gasteiger partial charge in [0.15, 0.2) is 0 Å². The number of hydrogen-bond acceptors (Lipinski definition) is 2. The smallest absolute Gasteiger partial charge is 0.0735 e. The summed E-state index contributed by atoms with van der Waals surface area (Å²) in [6.07, 6.45) is 0. The van der Waals surface area contributed by atoms with E-state index in [2.05, 4.69) is 39.4 Å². The molecule has 0 amide bonds. The average Bonchev–Trinajstić information content (AvgIpc) is 2.43. The van der Waals surface area contributed by atoms with Gasteiger partial charge in [0, 0.05) is 16.0 Å². The van der Waals surface area contributed by atoms with Crippen molar-refractivity contribution in [2.24, 2.45) is 0 Å². The Bertz CT molecular complexity index is 574. The predicted octanol–water partition coefficient (Wildman–Crippen LogP) is 4.54. The lowest BCUT2D eigenvalue weighted by Crippen LogP contribution is -2.05. The van der Waals surface area contributed by atoms with Crippen molar-refractivity contribution < 1.29 is 4.74 Å². The van der Waals surface area contributed by atoms with Gasteiger partial charge in [0.1, 0.15) is 0 Å². The van der Waals surface area contributed by atoms with Crippen LogP contribution in [0.2, 0.25) is 5.02 Å². The SMILES string of the molecule is CNCc1ccc(COCc2ccccc2Cl)c(Br)c1. The molecular formula is C16H17BrClNO. The molecule has 0 bridgehead atoms. The summed E-state index contributed by atoms with van der Waals surface area (Å²) in [5, 5.41) is 3.88. The van der Waals surface area contributed by atoms with Gasteiger partial charge in [0.2, 0.25) is 0 Å². The molecule has 0 heterocycles. The van der Waals surface area contributed by atoms with E-state index in [-0.39, 0.29) is 0 Å². The lowest BCUT2D eigenvalue weighted by atomic mass is 10.1. The highest BCUT2D eigenvalue weighted by atomic mass is 79.9. The maximum absolute atomic E-state index is 6.10. The molecule has 0 aromatic heterocycles. The second kappa shape index (κ2) is 7.79. The molecule has 2 aromatic carbocycles. The van der Waals surface area contributed by atoms with E-state index in [0.29, 0.717) is 13.2 Å². The minimum absolute atomic E-state index is 0.518. The summed E-state index contributed by atoms with van der Waals surface area (Å²) in [4.78, 5) is 0. The molecule has 0 saturated carbocycles. The van der Waals surface area contributed by atoms with Gasteiger partial charge in [0.05, 0.1) is 13.2 Å². The van der Waals surface area contributed by atoms with Gasteiger partial charge in [-0.3, -0.25) is 0 Å². The molecule has 0 unspecified atom stereocenters. The number of ether oxygens (including phenoxy) is 1. The van der Waals surface area contributed by atoms with Gasteiger partial charge in [-0.05, 0) is 35.9 Å². The lowest BCUT2D eigenvalue weighted by molar-refractivity contribution is 0.107. The summed E-state index contributed by atoms with van der Waals surface area (Å²) in [5.41, 5.74) is 3.39. The van der Waals surface area contributed by atoms with Crippen molar-refractivity contribution in [2.75, 3.05) is 7.05 Å². The molecule has 0 fully saturated rings. The lowest BCUT2D eigenvalue weighted by Gasteiger charge is -2.09. The third kappa shape index (κ3) is 4.32. The molecule has 0 spiro atoms. The minimum Gasteiger partial charge on any atom is -0.372 e. The molecule has 2 aromatic rings. The van der Waals surface area contributed by atoms with E-state index in [0.717, 1.165) is 27.2 Å². The summed E-state index contributed by atoms with van der Waals surface area (Å²) in [6.45, 7) is 1.94. The fourth-order valence-corrected chi connectivity index (χ4v) is 2.64. The van der Waals surface area contributed by atoms with Gasteiger partial charge >= 0.3 is 0 Å². The summed E-state index contributed by atoms with van der Waals surface area (Å²) >= 11 is 9.68. The molecular weight excluding hydrogens is 338 g/mol. The molecule has 1 N–H and O–H groups in total. The van der Waals surface area contributed by atoms with Crippen molar-refractivity contribution in [2.45, 2.75) is 19.8 Å². The van der Waals surface area contributed by atoms with Crippen molar-refractivity contribution in [3.05, 3.63) is 68.7 Å². The summed E-state index contributed by atoms with van der Waals surface area (Å²) in [6, 6.07) is 14.1. The zero-order chi connectivity index (χ0) is 14.4. The van der Waals surface area contributed by atoms with Gasteiger partial charge in [-0.1, -0.05) is 57.9 Å². The number of halogens is 2. The molecule has 0 saturated heterocycles. The second-order valence-corrected chi connectivity index (χ2v) is 5.80. The summed E-state index contributed by atoms with van der Waals surface area (Å²) < 4.78 is 6.81. The van der Waals surface area contributed by atoms with Crippen LogP contribution in [0, 0.1) is 0 Å². The normalized spacial score (nSPS) is 10.8. The minimum atomic E-state index is 0.518. The Hall–Kier alpha value is -0.870. The topological polar surface area (TPSA) is 21.3 Å². The Kier molecular flexibility index (Phi) is 6.05. The van der Waals surface area contributed by atoms with Crippen LogP contribution in [0.1, 0.15) is 16.7 Å². The van der Waals surface area contributed by atoms with Crippen LogP contribution in [-0.2, 0) is 24.5 Å². The van der Waals surface area contributed by atoms with Gasteiger partial charge < -0.3 is 10.1 Å². The van der Waals surface area contributed by atoms with E-state index in [1.807, 2.05) is 31.3 Å². The molecule has 0 aliphatic carbocycles. The first-order valence-electron chi connectivity index (χ1n) is 6.43. The standard InChI is InChI=1S/C16H17BrClNO/c1-19-9-12-6-7-13(15(17)8-12)10-20-11-14-4-2-3-5-16(14)18/h2-8,19H,9-11H2,1H3. The van der Waals surface area contributed by atoms with E-state index in [9.17, 15) is 0 Å². The third-order valence-corrected chi connectivity index (χ3v) is 4.08. The van der Waals surface area contributed by atoms with Gasteiger partial charge in [0.25, 0.3) is 0 Å². The zero-order valence-corrected chi connectivity index (χ0v) is 13.7. The Labute approximate surface area is 133 Å². The van der Waals surface area contributed by atoms with E-state index >= 15 is 0 Å². The van der Waals surface area contributed by atoms with E-state index < -0.39 is 0 Å². The first-order valence-corrected chi connectivity index (χ1v) is 7.61. The van der Waals surface area contributed by atoms with E-state index in [1.165, 1.54) is 5.56 Å². The van der Waals surface area contributed by atoms with Crippen LogP contribution in [0.5, 0.6) is 0 Å². The monoisotopic (exact) mass is 353 g/mol. The molecule has 2 nitrogen and oxygen atoms in total. The molecule has 20 heavy (non-hydrogen) atoms. The van der Waals surface area contributed by atoms with Crippen molar-refractivity contribution in [1.82, 2.24) is 5.32 Å². The van der Waals surface area contributed by atoms with Crippen LogP contribution in [0.3, 0.4) is 0 Å². The maximum atomic E-state index is 6.10. The molecule has 0 atom stereocenters. The maximum Gasteiger partial charge on any atom is 0.0735 e. The molecule has 4 heteroatoms. The fraction of sp³-hybridized carbons (Fsp3) is 0.250. The van der Waals surface area contributed by atoms with Crippen molar-refractivity contribution >= 4 is 27.5 Å². The van der Waals surface area contributed by atoms with Crippen LogP contribution in [-0.4, -0.2) is 7.05 Å². The fourth-order valence-electron chi connectivity index (χ4n) is 1.91. The Morgan fingerprint density at radius 3 is 2.55 bits per heavy atom. The molecule has 0 radical (unpaired) electrons. The van der Waals surface area contributed by atoms with Gasteiger partial charge in [-0.25, -0.2) is 0 Å². The number of rotatable bonds is 6. The van der Waals surface area contributed by atoms with Crippen LogP contribution < -0.4 is 5.32 Å². The Morgan fingerprint density at radius 2 is 1.85 bits per heavy atom. The first-order chi connectivity index (χ1) is 9.70. The van der Waals surface area contributed by atoms with E-state index in [1.54, 1.807) is 0 Å². The van der Waals surface area contributed by atoms with Gasteiger partial charge in [-0.2, -0.15) is 0 Å². The third-order valence-electron chi connectivity index (χ3n) is 2.97. The van der Waals surface area contributed by atoms with Crippen molar-refractivity contribution in [3.63, 3.8) is 0 Å². The van der Waals surface area contributed by atoms with E-state index in [4.69, 9.17) is 16.3 Å². The van der Waals surface area contributed by atoms with Crippen LogP contribution in [0.25, 0.3) is 0 Å². The first kappa shape index (κ1) is 15.5. The number of hydrogen-bond donors (Lipinski definition) is 1. The molecule has 2 rings (SSSR count). The zero-order valence-electron chi connectivity index (χ0n) is 11.3. The van der Waals surface area contributed by atoms with Gasteiger partial charge in [-0.15, -0.1) is 0 Å². The van der Waals surface area contributed by atoms with Crippen molar-refractivity contribution in [3.8, 4) is 0 Å². The Morgan fingerprint density at radius 1 is 1.10 bits per heavy atom. The largest absolute Gasteiger partial charge is 0.372 e. The summed E-state index contributed by atoms with van der Waals surface area (Å²) in [7, 11) is 1.94. The molecule has 0 aliphatic heterocycles.